The first-order chi connectivity index (χ1) is 9.64. The van der Waals surface area contributed by atoms with Gasteiger partial charge in [-0.25, -0.2) is 0 Å². The average molecular weight is 296 g/mol. The van der Waals surface area contributed by atoms with Crippen molar-refractivity contribution in [2.75, 3.05) is 20.2 Å². The molecule has 1 aliphatic carbocycles. The van der Waals surface area contributed by atoms with Crippen LogP contribution in [0.1, 0.15) is 46.5 Å². The lowest BCUT2D eigenvalue weighted by molar-refractivity contribution is -0.145. The van der Waals surface area contributed by atoms with E-state index in [1.165, 1.54) is 7.11 Å². The van der Waals surface area contributed by atoms with Gasteiger partial charge < -0.3 is 15.4 Å². The SMILES string of the molecule is COC(=O)C1CC(=O)N(CC2(C)CC(N)CC(C)(C)C2)C1. The van der Waals surface area contributed by atoms with Gasteiger partial charge in [-0.1, -0.05) is 20.8 Å². The van der Waals surface area contributed by atoms with Crippen LogP contribution in [0.2, 0.25) is 0 Å². The van der Waals surface area contributed by atoms with Crippen molar-refractivity contribution in [3.8, 4) is 0 Å². The quantitative estimate of drug-likeness (QED) is 0.802. The highest BCUT2D eigenvalue weighted by Gasteiger charge is 2.44. The van der Waals surface area contributed by atoms with E-state index in [1.807, 2.05) is 4.90 Å². The summed E-state index contributed by atoms with van der Waals surface area (Å²) >= 11 is 0. The van der Waals surface area contributed by atoms with Gasteiger partial charge in [0.05, 0.1) is 13.0 Å². The molecule has 21 heavy (non-hydrogen) atoms. The predicted octanol–water partition coefficient (Wildman–Crippen LogP) is 1.55. The van der Waals surface area contributed by atoms with Crippen LogP contribution in [0.5, 0.6) is 0 Å². The number of hydrogen-bond acceptors (Lipinski definition) is 4. The smallest absolute Gasteiger partial charge is 0.310 e. The fourth-order valence-corrected chi connectivity index (χ4v) is 4.55. The first-order valence-corrected chi connectivity index (χ1v) is 7.75. The summed E-state index contributed by atoms with van der Waals surface area (Å²) in [6.07, 6.45) is 3.29. The molecule has 0 spiro atoms. The molecule has 1 heterocycles. The summed E-state index contributed by atoms with van der Waals surface area (Å²) in [6, 6.07) is 0.188. The second kappa shape index (κ2) is 5.59. The van der Waals surface area contributed by atoms with Crippen LogP contribution in [-0.2, 0) is 14.3 Å². The topological polar surface area (TPSA) is 72.6 Å². The van der Waals surface area contributed by atoms with E-state index in [9.17, 15) is 9.59 Å². The Balaban J connectivity index is 2.03. The Labute approximate surface area is 127 Å². The van der Waals surface area contributed by atoms with Crippen molar-refractivity contribution in [2.24, 2.45) is 22.5 Å². The number of esters is 1. The minimum Gasteiger partial charge on any atom is -0.469 e. The number of nitrogens with two attached hydrogens (primary N) is 1. The van der Waals surface area contributed by atoms with Crippen molar-refractivity contribution in [2.45, 2.75) is 52.5 Å². The molecule has 0 aromatic carbocycles. The van der Waals surface area contributed by atoms with E-state index in [2.05, 4.69) is 20.8 Å². The number of carbonyl (C=O) groups excluding carboxylic acids is 2. The fraction of sp³-hybridized carbons (Fsp3) is 0.875. The zero-order valence-electron chi connectivity index (χ0n) is 13.6. The molecule has 3 unspecified atom stereocenters. The molecule has 1 saturated carbocycles. The van der Waals surface area contributed by atoms with Gasteiger partial charge in [0.2, 0.25) is 5.91 Å². The van der Waals surface area contributed by atoms with E-state index in [4.69, 9.17) is 10.5 Å². The van der Waals surface area contributed by atoms with Crippen LogP contribution >= 0.6 is 0 Å². The second-order valence-corrected chi connectivity index (χ2v) is 8.02. The first-order valence-electron chi connectivity index (χ1n) is 7.75. The molecule has 0 aromatic rings. The molecule has 5 nitrogen and oxygen atoms in total. The maximum Gasteiger partial charge on any atom is 0.310 e. The summed E-state index contributed by atoms with van der Waals surface area (Å²) in [5.41, 5.74) is 6.45. The Kier molecular flexibility index (Phi) is 4.34. The van der Waals surface area contributed by atoms with Crippen molar-refractivity contribution in [3.63, 3.8) is 0 Å². The Morgan fingerprint density at radius 3 is 2.62 bits per heavy atom. The van der Waals surface area contributed by atoms with E-state index in [1.54, 1.807) is 0 Å². The summed E-state index contributed by atoms with van der Waals surface area (Å²) in [4.78, 5) is 25.6. The number of rotatable bonds is 3. The van der Waals surface area contributed by atoms with E-state index in [0.29, 0.717) is 13.1 Å². The van der Waals surface area contributed by atoms with Crippen molar-refractivity contribution >= 4 is 11.9 Å². The van der Waals surface area contributed by atoms with E-state index in [0.717, 1.165) is 19.3 Å². The molecule has 1 amide bonds. The zero-order chi connectivity index (χ0) is 15.8. The molecule has 3 atom stereocenters. The molecule has 1 aliphatic heterocycles. The van der Waals surface area contributed by atoms with Gasteiger partial charge in [-0.05, 0) is 30.1 Å². The summed E-state index contributed by atoms with van der Waals surface area (Å²) in [5.74, 6) is -0.531. The first kappa shape index (κ1) is 16.3. The zero-order valence-corrected chi connectivity index (χ0v) is 13.6. The molecule has 1 saturated heterocycles. The average Bonchev–Trinajstić information content (AvgIpc) is 2.66. The lowest BCUT2D eigenvalue weighted by atomic mass is 9.62. The molecule has 0 aromatic heterocycles. The number of amides is 1. The number of hydrogen-bond donors (Lipinski definition) is 1. The highest BCUT2D eigenvalue weighted by Crippen LogP contribution is 2.46. The molecular formula is C16H28N2O3. The molecule has 0 bridgehead atoms. The minimum absolute atomic E-state index is 0.0296. The van der Waals surface area contributed by atoms with Crippen LogP contribution in [0.4, 0.5) is 0 Å². The van der Waals surface area contributed by atoms with Crippen molar-refractivity contribution in [1.82, 2.24) is 4.90 Å². The maximum absolute atomic E-state index is 12.2. The van der Waals surface area contributed by atoms with Crippen LogP contribution in [0.25, 0.3) is 0 Å². The lowest BCUT2D eigenvalue weighted by Gasteiger charge is -2.47. The van der Waals surface area contributed by atoms with Gasteiger partial charge in [-0.2, -0.15) is 0 Å². The molecule has 2 aliphatic rings. The summed E-state index contributed by atoms with van der Waals surface area (Å²) in [5, 5.41) is 0. The summed E-state index contributed by atoms with van der Waals surface area (Å²) < 4.78 is 4.76. The highest BCUT2D eigenvalue weighted by molar-refractivity contribution is 5.86. The van der Waals surface area contributed by atoms with Crippen LogP contribution in [-0.4, -0.2) is 43.0 Å². The van der Waals surface area contributed by atoms with Crippen LogP contribution < -0.4 is 5.73 Å². The molecule has 2 N–H and O–H groups in total. The monoisotopic (exact) mass is 296 g/mol. The fourth-order valence-electron chi connectivity index (χ4n) is 4.55. The van der Waals surface area contributed by atoms with Crippen LogP contribution in [0.3, 0.4) is 0 Å². The molecule has 5 heteroatoms. The van der Waals surface area contributed by atoms with E-state index in [-0.39, 0.29) is 41.1 Å². The van der Waals surface area contributed by atoms with Gasteiger partial charge in [-0.15, -0.1) is 0 Å². The molecular weight excluding hydrogens is 268 g/mol. The minimum atomic E-state index is -0.309. The number of carbonyl (C=O) groups is 2. The van der Waals surface area contributed by atoms with Gasteiger partial charge in [0, 0.05) is 25.6 Å². The third kappa shape index (κ3) is 3.76. The predicted molar refractivity (Wildman–Crippen MR) is 80.4 cm³/mol. The number of methoxy groups -OCH3 is 1. The van der Waals surface area contributed by atoms with Gasteiger partial charge >= 0.3 is 5.97 Å². The Morgan fingerprint density at radius 2 is 2.05 bits per heavy atom. The van der Waals surface area contributed by atoms with Crippen molar-refractivity contribution in [1.29, 1.82) is 0 Å². The third-order valence-corrected chi connectivity index (χ3v) is 4.80. The number of likely N-dealkylation sites (tertiary alicyclic amines) is 1. The van der Waals surface area contributed by atoms with Gasteiger partial charge in [0.25, 0.3) is 0 Å². The largest absolute Gasteiger partial charge is 0.469 e. The second-order valence-electron chi connectivity index (χ2n) is 8.02. The van der Waals surface area contributed by atoms with E-state index < -0.39 is 0 Å². The molecule has 2 rings (SSSR count). The van der Waals surface area contributed by atoms with Gasteiger partial charge in [0.15, 0.2) is 0 Å². The lowest BCUT2D eigenvalue weighted by Crippen LogP contribution is -2.48. The number of ether oxygens (including phenoxy) is 1. The van der Waals surface area contributed by atoms with Gasteiger partial charge in [0.1, 0.15) is 0 Å². The molecule has 0 radical (unpaired) electrons. The summed E-state index contributed by atoms with van der Waals surface area (Å²) in [7, 11) is 1.37. The van der Waals surface area contributed by atoms with Crippen molar-refractivity contribution < 1.29 is 14.3 Å². The standard InChI is InChI=1S/C16H28N2O3/c1-15(2)6-12(17)7-16(3,9-15)10-18-8-11(5-13(18)19)14(20)21-4/h11-12H,5-10,17H2,1-4H3. The van der Waals surface area contributed by atoms with Crippen LogP contribution in [0.15, 0.2) is 0 Å². The van der Waals surface area contributed by atoms with Crippen LogP contribution in [0, 0.1) is 16.7 Å². The maximum atomic E-state index is 12.2. The van der Waals surface area contributed by atoms with Gasteiger partial charge in [-0.3, -0.25) is 9.59 Å². The normalized spacial score (nSPS) is 35.9. The molecule has 2 fully saturated rings. The highest BCUT2D eigenvalue weighted by atomic mass is 16.5. The Bertz CT molecular complexity index is 435. The van der Waals surface area contributed by atoms with Crippen molar-refractivity contribution in [3.05, 3.63) is 0 Å². The Hall–Kier alpha value is -1.10. The Morgan fingerprint density at radius 1 is 1.38 bits per heavy atom. The third-order valence-electron chi connectivity index (χ3n) is 4.80. The number of nitrogens with zero attached hydrogens (tertiary/aromatic N) is 1. The summed E-state index contributed by atoms with van der Waals surface area (Å²) in [6.45, 7) is 7.88. The van der Waals surface area contributed by atoms with E-state index >= 15 is 0 Å². The molecule has 120 valence electrons.